The third-order valence-electron chi connectivity index (χ3n) is 4.81. The fourth-order valence-corrected chi connectivity index (χ4v) is 3.78. The zero-order valence-corrected chi connectivity index (χ0v) is 10.8. The molecular weight excluding hydrogens is 208 g/mol. The maximum atomic E-state index is 4.51. The molecule has 1 aromatic rings. The molecule has 0 bridgehead atoms. The first-order chi connectivity index (χ1) is 8.29. The molecule has 2 aliphatic rings. The second kappa shape index (κ2) is 4.41. The molecule has 0 spiro atoms. The highest BCUT2D eigenvalue weighted by atomic mass is 14.9. The van der Waals surface area contributed by atoms with E-state index in [1.165, 1.54) is 25.0 Å². The highest BCUT2D eigenvalue weighted by Gasteiger charge is 2.48. The summed E-state index contributed by atoms with van der Waals surface area (Å²) in [5.41, 5.74) is 1.23. The lowest BCUT2D eigenvalue weighted by molar-refractivity contribution is 0.312. The molecule has 0 aromatic carbocycles. The smallest absolute Gasteiger partial charge is 0.0447 e. The van der Waals surface area contributed by atoms with E-state index in [9.17, 15) is 0 Å². The number of nitrogens with one attached hydrogen (secondary N) is 1. The summed E-state index contributed by atoms with van der Waals surface area (Å²) in [5.74, 6) is 3.50. The van der Waals surface area contributed by atoms with E-state index in [4.69, 9.17) is 0 Å². The zero-order chi connectivity index (χ0) is 11.8. The Kier molecular flexibility index (Phi) is 2.91. The van der Waals surface area contributed by atoms with E-state index in [0.717, 1.165) is 17.8 Å². The molecule has 2 aliphatic carbocycles. The van der Waals surface area contributed by atoms with Crippen LogP contribution in [0.2, 0.25) is 0 Å². The molecular formula is C15H22N2. The van der Waals surface area contributed by atoms with Crippen LogP contribution in [0.5, 0.6) is 0 Å². The minimum atomic E-state index is 0.517. The van der Waals surface area contributed by atoms with Gasteiger partial charge in [-0.1, -0.05) is 13.0 Å². The molecule has 92 valence electrons. The lowest BCUT2D eigenvalue weighted by Gasteiger charge is -2.29. The third kappa shape index (κ3) is 2.11. The number of nitrogens with zero attached hydrogens (tertiary/aromatic N) is 1. The van der Waals surface area contributed by atoms with Crippen molar-refractivity contribution in [1.82, 2.24) is 10.3 Å². The number of hydrogen-bond donors (Lipinski definition) is 1. The molecule has 1 aromatic heterocycles. The van der Waals surface area contributed by atoms with Crippen LogP contribution in [-0.2, 0) is 0 Å². The predicted octanol–water partition coefficient (Wildman–Crippen LogP) is 2.82. The van der Waals surface area contributed by atoms with Crippen molar-refractivity contribution in [3.05, 3.63) is 30.1 Å². The van der Waals surface area contributed by atoms with Crippen LogP contribution in [0.4, 0.5) is 0 Å². The minimum absolute atomic E-state index is 0.517. The van der Waals surface area contributed by atoms with Crippen LogP contribution in [0, 0.1) is 17.8 Å². The van der Waals surface area contributed by atoms with Gasteiger partial charge < -0.3 is 5.32 Å². The SMILES string of the molecule is CNC(C1CC2CC2C1)C(C)c1ccccn1. The minimum Gasteiger partial charge on any atom is -0.316 e. The van der Waals surface area contributed by atoms with Gasteiger partial charge >= 0.3 is 0 Å². The molecule has 0 saturated heterocycles. The Bertz CT molecular complexity index is 366. The van der Waals surface area contributed by atoms with Crippen LogP contribution in [-0.4, -0.2) is 18.1 Å². The highest BCUT2D eigenvalue weighted by molar-refractivity contribution is 5.13. The van der Waals surface area contributed by atoms with Crippen molar-refractivity contribution in [1.29, 1.82) is 0 Å². The average molecular weight is 230 g/mol. The molecule has 4 atom stereocenters. The number of pyridine rings is 1. The van der Waals surface area contributed by atoms with Crippen LogP contribution in [0.1, 0.15) is 37.8 Å². The Balaban J connectivity index is 1.72. The van der Waals surface area contributed by atoms with Gasteiger partial charge in [0.25, 0.3) is 0 Å². The molecule has 2 heteroatoms. The Morgan fingerprint density at radius 1 is 1.24 bits per heavy atom. The van der Waals surface area contributed by atoms with Crippen LogP contribution < -0.4 is 5.32 Å². The molecule has 0 aliphatic heterocycles. The number of hydrogen-bond acceptors (Lipinski definition) is 2. The molecule has 0 radical (unpaired) electrons. The maximum absolute atomic E-state index is 4.51. The quantitative estimate of drug-likeness (QED) is 0.860. The Morgan fingerprint density at radius 3 is 2.59 bits per heavy atom. The van der Waals surface area contributed by atoms with Crippen LogP contribution in [0.15, 0.2) is 24.4 Å². The molecule has 4 unspecified atom stereocenters. The summed E-state index contributed by atoms with van der Waals surface area (Å²) in [7, 11) is 2.11. The second-order valence-corrected chi connectivity index (χ2v) is 5.85. The third-order valence-corrected chi connectivity index (χ3v) is 4.81. The van der Waals surface area contributed by atoms with E-state index >= 15 is 0 Å². The summed E-state index contributed by atoms with van der Waals surface area (Å²) in [6.45, 7) is 2.31. The fourth-order valence-electron chi connectivity index (χ4n) is 3.78. The van der Waals surface area contributed by atoms with Crippen LogP contribution >= 0.6 is 0 Å². The number of aromatic nitrogens is 1. The first-order valence-corrected chi connectivity index (χ1v) is 6.87. The second-order valence-electron chi connectivity index (χ2n) is 5.85. The lowest BCUT2D eigenvalue weighted by atomic mass is 9.84. The van der Waals surface area contributed by atoms with Crippen LogP contribution in [0.25, 0.3) is 0 Å². The van der Waals surface area contributed by atoms with Crippen LogP contribution in [0.3, 0.4) is 0 Å². The highest BCUT2D eigenvalue weighted by Crippen LogP contribution is 2.56. The van der Waals surface area contributed by atoms with Crippen molar-refractivity contribution in [3.63, 3.8) is 0 Å². The fraction of sp³-hybridized carbons (Fsp3) is 0.667. The standard InChI is InChI=1S/C15H22N2/c1-10(14-5-3-4-6-17-14)15(16-2)13-8-11-7-12(11)9-13/h3-6,10-13,15-16H,7-9H2,1-2H3. The summed E-state index contributed by atoms with van der Waals surface area (Å²) in [4.78, 5) is 4.51. The average Bonchev–Trinajstić information content (AvgIpc) is 2.98. The van der Waals surface area contributed by atoms with E-state index in [1.54, 1.807) is 0 Å². The molecule has 2 saturated carbocycles. The summed E-state index contributed by atoms with van der Waals surface area (Å²) >= 11 is 0. The first-order valence-electron chi connectivity index (χ1n) is 6.87. The number of likely N-dealkylation sites (N-methyl/N-ethyl adjacent to an activating group) is 1. The topological polar surface area (TPSA) is 24.9 Å². The largest absolute Gasteiger partial charge is 0.316 e. The van der Waals surface area contributed by atoms with E-state index < -0.39 is 0 Å². The molecule has 1 N–H and O–H groups in total. The van der Waals surface area contributed by atoms with E-state index in [2.05, 4.69) is 36.4 Å². The van der Waals surface area contributed by atoms with Gasteiger partial charge in [0.15, 0.2) is 0 Å². The number of rotatable bonds is 4. The molecule has 0 amide bonds. The van der Waals surface area contributed by atoms with Gasteiger partial charge in [-0.05, 0) is 56.2 Å². The lowest BCUT2D eigenvalue weighted by Crippen LogP contribution is -2.37. The summed E-state index contributed by atoms with van der Waals surface area (Å²) in [5, 5.41) is 3.54. The van der Waals surface area contributed by atoms with Gasteiger partial charge in [-0.15, -0.1) is 0 Å². The van der Waals surface area contributed by atoms with Gasteiger partial charge in [0.2, 0.25) is 0 Å². The number of fused-ring (bicyclic) bond motifs is 1. The van der Waals surface area contributed by atoms with Gasteiger partial charge in [-0.25, -0.2) is 0 Å². The summed E-state index contributed by atoms with van der Waals surface area (Å²) in [6, 6.07) is 6.84. The maximum Gasteiger partial charge on any atom is 0.0447 e. The van der Waals surface area contributed by atoms with E-state index in [0.29, 0.717) is 12.0 Å². The summed E-state index contributed by atoms with van der Waals surface area (Å²) < 4.78 is 0. The van der Waals surface area contributed by atoms with Crippen molar-refractivity contribution in [2.45, 2.75) is 38.1 Å². The predicted molar refractivity (Wildman–Crippen MR) is 69.8 cm³/mol. The molecule has 17 heavy (non-hydrogen) atoms. The molecule has 2 fully saturated rings. The normalized spacial score (nSPS) is 34.1. The van der Waals surface area contributed by atoms with E-state index in [1.807, 2.05) is 12.3 Å². The summed E-state index contributed by atoms with van der Waals surface area (Å²) in [6.07, 6.45) is 6.29. The van der Waals surface area contributed by atoms with Crippen molar-refractivity contribution in [3.8, 4) is 0 Å². The first kappa shape index (κ1) is 11.2. The monoisotopic (exact) mass is 230 g/mol. The van der Waals surface area contributed by atoms with Crippen molar-refractivity contribution < 1.29 is 0 Å². The Labute approximate surface area is 104 Å². The van der Waals surface area contributed by atoms with Gasteiger partial charge in [-0.3, -0.25) is 4.98 Å². The molecule has 3 rings (SSSR count). The van der Waals surface area contributed by atoms with E-state index in [-0.39, 0.29) is 0 Å². The van der Waals surface area contributed by atoms with Gasteiger partial charge in [0.1, 0.15) is 0 Å². The Hall–Kier alpha value is -0.890. The zero-order valence-electron chi connectivity index (χ0n) is 10.8. The van der Waals surface area contributed by atoms with Crippen molar-refractivity contribution in [2.24, 2.45) is 17.8 Å². The van der Waals surface area contributed by atoms with Crippen molar-refractivity contribution >= 4 is 0 Å². The van der Waals surface area contributed by atoms with Gasteiger partial charge in [-0.2, -0.15) is 0 Å². The van der Waals surface area contributed by atoms with Crippen molar-refractivity contribution in [2.75, 3.05) is 7.05 Å². The Morgan fingerprint density at radius 2 is 2.00 bits per heavy atom. The van der Waals surface area contributed by atoms with Gasteiger partial charge in [0, 0.05) is 23.9 Å². The molecule has 1 heterocycles. The molecule has 2 nitrogen and oxygen atoms in total. The van der Waals surface area contributed by atoms with Gasteiger partial charge in [0.05, 0.1) is 0 Å².